The molecule has 0 saturated heterocycles. The summed E-state index contributed by atoms with van der Waals surface area (Å²) in [4.78, 5) is 24.5. The monoisotopic (exact) mass is 363 g/mol. The molecule has 27 heavy (non-hydrogen) atoms. The number of esters is 1. The number of ether oxygens (including phenoxy) is 1. The third-order valence-electron chi connectivity index (χ3n) is 4.15. The van der Waals surface area contributed by atoms with Crippen molar-refractivity contribution in [2.24, 2.45) is 0 Å². The summed E-state index contributed by atoms with van der Waals surface area (Å²) in [6.07, 6.45) is 0.804. The van der Waals surface area contributed by atoms with E-state index in [9.17, 15) is 9.59 Å². The molecule has 0 unspecified atom stereocenters. The zero-order chi connectivity index (χ0) is 19.4. The Hall–Kier alpha value is -3.41. The van der Waals surface area contributed by atoms with Gasteiger partial charge >= 0.3 is 5.97 Å². The van der Waals surface area contributed by atoms with Crippen LogP contribution in [0.15, 0.2) is 60.8 Å². The molecule has 1 N–H and O–H groups in total. The van der Waals surface area contributed by atoms with Crippen molar-refractivity contribution in [1.29, 1.82) is 0 Å². The van der Waals surface area contributed by atoms with Crippen molar-refractivity contribution >= 4 is 17.6 Å². The quantitative estimate of drug-likeness (QED) is 0.702. The second-order valence-corrected chi connectivity index (χ2v) is 6.33. The number of anilines is 1. The van der Waals surface area contributed by atoms with Crippen molar-refractivity contribution in [3.63, 3.8) is 0 Å². The van der Waals surface area contributed by atoms with E-state index >= 15 is 0 Å². The predicted octanol–water partition coefficient (Wildman–Crippen LogP) is 3.67. The largest absolute Gasteiger partial charge is 0.449 e. The molecule has 6 heteroatoms. The number of aryl methyl sites for hydroxylation is 2. The third-order valence-corrected chi connectivity index (χ3v) is 4.15. The molecule has 3 aromatic rings. The fraction of sp³-hybridized carbons (Fsp3) is 0.190. The van der Waals surface area contributed by atoms with Gasteiger partial charge in [-0.05, 0) is 63.2 Å². The summed E-state index contributed by atoms with van der Waals surface area (Å²) >= 11 is 0. The Morgan fingerprint density at radius 3 is 2.26 bits per heavy atom. The Bertz CT molecular complexity index is 944. The van der Waals surface area contributed by atoms with Crippen LogP contribution in [0.25, 0.3) is 5.69 Å². The van der Waals surface area contributed by atoms with Crippen molar-refractivity contribution < 1.29 is 14.3 Å². The summed E-state index contributed by atoms with van der Waals surface area (Å²) in [7, 11) is 0. The van der Waals surface area contributed by atoms with E-state index in [0.717, 1.165) is 16.9 Å². The number of carbonyl (C=O) groups excluding carboxylic acids is 2. The highest BCUT2D eigenvalue weighted by atomic mass is 16.5. The molecule has 1 heterocycles. The van der Waals surface area contributed by atoms with Crippen LogP contribution < -0.4 is 5.32 Å². The van der Waals surface area contributed by atoms with Crippen molar-refractivity contribution in [3.05, 3.63) is 77.6 Å². The summed E-state index contributed by atoms with van der Waals surface area (Å²) in [5.74, 6) is -0.929. The lowest BCUT2D eigenvalue weighted by atomic mass is 10.2. The summed E-state index contributed by atoms with van der Waals surface area (Å²) in [5, 5.41) is 6.96. The van der Waals surface area contributed by atoms with Gasteiger partial charge in [0.2, 0.25) is 0 Å². The molecule has 3 rings (SSSR count). The molecule has 6 nitrogen and oxygen atoms in total. The first kappa shape index (κ1) is 18.4. The van der Waals surface area contributed by atoms with Gasteiger partial charge in [0.05, 0.1) is 11.3 Å². The van der Waals surface area contributed by atoms with Crippen LogP contribution in [-0.2, 0) is 9.53 Å². The first-order chi connectivity index (χ1) is 12.9. The molecule has 0 spiro atoms. The average molecular weight is 363 g/mol. The van der Waals surface area contributed by atoms with Gasteiger partial charge in [-0.2, -0.15) is 5.10 Å². The van der Waals surface area contributed by atoms with Gasteiger partial charge in [-0.3, -0.25) is 4.79 Å². The Balaban J connectivity index is 1.61. The highest BCUT2D eigenvalue weighted by molar-refractivity contribution is 5.97. The molecule has 0 fully saturated rings. The number of hydrogen-bond donors (Lipinski definition) is 1. The van der Waals surface area contributed by atoms with Crippen molar-refractivity contribution in [3.8, 4) is 5.69 Å². The van der Waals surface area contributed by atoms with E-state index in [0.29, 0.717) is 11.3 Å². The zero-order valence-electron chi connectivity index (χ0n) is 15.5. The SMILES string of the molecule is Cc1ccc(NC(=O)[C@@H](C)OC(=O)c2ccc(-n3nccc3C)cc2)cc1. The van der Waals surface area contributed by atoms with E-state index in [4.69, 9.17) is 4.74 Å². The minimum Gasteiger partial charge on any atom is -0.449 e. The van der Waals surface area contributed by atoms with Gasteiger partial charge in [-0.15, -0.1) is 0 Å². The number of amides is 1. The van der Waals surface area contributed by atoms with Crippen LogP contribution in [0.3, 0.4) is 0 Å². The fourth-order valence-electron chi connectivity index (χ4n) is 2.54. The second-order valence-electron chi connectivity index (χ2n) is 6.33. The number of benzene rings is 2. The summed E-state index contributed by atoms with van der Waals surface area (Å²) in [6, 6.07) is 16.2. The van der Waals surface area contributed by atoms with Gasteiger partial charge in [0, 0.05) is 17.6 Å². The van der Waals surface area contributed by atoms with E-state index in [1.165, 1.54) is 0 Å². The molecule has 1 atom stereocenters. The standard InChI is InChI=1S/C21H21N3O3/c1-14-4-8-18(9-5-14)23-20(25)16(3)27-21(26)17-6-10-19(11-7-17)24-15(2)12-13-22-24/h4-13,16H,1-3H3,(H,23,25)/t16-/m1/s1. The number of nitrogens with zero attached hydrogens (tertiary/aromatic N) is 2. The van der Waals surface area contributed by atoms with Crippen LogP contribution in [0, 0.1) is 13.8 Å². The smallest absolute Gasteiger partial charge is 0.338 e. The maximum atomic E-state index is 12.3. The lowest BCUT2D eigenvalue weighted by molar-refractivity contribution is -0.123. The van der Waals surface area contributed by atoms with E-state index in [-0.39, 0.29) is 5.91 Å². The number of hydrogen-bond acceptors (Lipinski definition) is 4. The van der Waals surface area contributed by atoms with E-state index in [1.807, 2.05) is 32.0 Å². The van der Waals surface area contributed by atoms with Crippen molar-refractivity contribution in [2.75, 3.05) is 5.32 Å². The molecule has 0 aliphatic rings. The molecule has 1 amide bonds. The summed E-state index contributed by atoms with van der Waals surface area (Å²) in [6.45, 7) is 5.46. The molecule has 1 aromatic heterocycles. The fourth-order valence-corrected chi connectivity index (χ4v) is 2.54. The number of carbonyl (C=O) groups is 2. The molecular weight excluding hydrogens is 342 g/mol. The maximum Gasteiger partial charge on any atom is 0.338 e. The average Bonchev–Trinajstić information content (AvgIpc) is 3.09. The lowest BCUT2D eigenvalue weighted by Crippen LogP contribution is -2.30. The Kier molecular flexibility index (Phi) is 5.35. The Labute approximate surface area is 157 Å². The zero-order valence-corrected chi connectivity index (χ0v) is 15.5. The van der Waals surface area contributed by atoms with Gasteiger partial charge in [-0.1, -0.05) is 17.7 Å². The van der Waals surface area contributed by atoms with Gasteiger partial charge in [0.1, 0.15) is 0 Å². The molecule has 0 bridgehead atoms. The van der Waals surface area contributed by atoms with Crippen LogP contribution in [0.5, 0.6) is 0 Å². The van der Waals surface area contributed by atoms with Gasteiger partial charge < -0.3 is 10.1 Å². The van der Waals surface area contributed by atoms with Gasteiger partial charge in [-0.25, -0.2) is 9.48 Å². The minimum atomic E-state index is -0.910. The van der Waals surface area contributed by atoms with Crippen LogP contribution in [0.1, 0.15) is 28.5 Å². The highest BCUT2D eigenvalue weighted by Crippen LogP contribution is 2.14. The molecular formula is C21H21N3O3. The summed E-state index contributed by atoms with van der Waals surface area (Å²) < 4.78 is 7.05. The minimum absolute atomic E-state index is 0.374. The molecule has 0 aliphatic carbocycles. The molecule has 0 aliphatic heterocycles. The van der Waals surface area contributed by atoms with Gasteiger partial charge in [0.25, 0.3) is 5.91 Å². The van der Waals surface area contributed by atoms with Crippen LogP contribution in [0.4, 0.5) is 5.69 Å². The first-order valence-corrected chi connectivity index (χ1v) is 8.63. The van der Waals surface area contributed by atoms with Crippen LogP contribution in [-0.4, -0.2) is 27.8 Å². The van der Waals surface area contributed by atoms with Crippen LogP contribution in [0.2, 0.25) is 0 Å². The van der Waals surface area contributed by atoms with Crippen molar-refractivity contribution in [1.82, 2.24) is 9.78 Å². The Morgan fingerprint density at radius 1 is 1.00 bits per heavy atom. The maximum absolute atomic E-state index is 12.3. The van der Waals surface area contributed by atoms with Gasteiger partial charge in [0.15, 0.2) is 6.10 Å². The summed E-state index contributed by atoms with van der Waals surface area (Å²) in [5.41, 5.74) is 3.97. The Morgan fingerprint density at radius 2 is 1.67 bits per heavy atom. The first-order valence-electron chi connectivity index (χ1n) is 8.63. The number of rotatable bonds is 5. The number of aromatic nitrogens is 2. The second kappa shape index (κ2) is 7.86. The van der Waals surface area contributed by atoms with E-state index in [1.54, 1.807) is 54.2 Å². The predicted molar refractivity (Wildman–Crippen MR) is 103 cm³/mol. The molecule has 138 valence electrons. The van der Waals surface area contributed by atoms with Crippen molar-refractivity contribution in [2.45, 2.75) is 26.9 Å². The van der Waals surface area contributed by atoms with E-state index in [2.05, 4.69) is 10.4 Å². The third kappa shape index (κ3) is 4.41. The normalized spacial score (nSPS) is 11.7. The molecule has 0 saturated carbocycles. The topological polar surface area (TPSA) is 73.2 Å². The van der Waals surface area contributed by atoms with Crippen LogP contribution >= 0.6 is 0 Å². The lowest BCUT2D eigenvalue weighted by Gasteiger charge is -2.14. The highest BCUT2D eigenvalue weighted by Gasteiger charge is 2.19. The molecule has 2 aromatic carbocycles. The number of nitrogens with one attached hydrogen (secondary N) is 1. The van der Waals surface area contributed by atoms with E-state index < -0.39 is 12.1 Å². The molecule has 0 radical (unpaired) electrons.